The van der Waals surface area contributed by atoms with Gasteiger partial charge in [-0.2, -0.15) is 0 Å². The Morgan fingerprint density at radius 1 is 0.767 bits per heavy atom. The predicted octanol–water partition coefficient (Wildman–Crippen LogP) is 2.74. The summed E-state index contributed by atoms with van der Waals surface area (Å²) in [4.78, 5) is 40.2. The van der Waals surface area contributed by atoms with Crippen molar-refractivity contribution in [2.45, 2.75) is 19.0 Å². The minimum atomic E-state index is -1.18. The average molecular weight is 409 g/mol. The minimum absolute atomic E-state index is 0.0486. The SMILES string of the molecule is COC(=O)C1=C(C(=O)OC)[C@@H](c2ccc(C)cc2)N(c2ccccc2)[C@@H]1C(=O)OC. The zero-order chi connectivity index (χ0) is 21.8. The largest absolute Gasteiger partial charge is 0.467 e. The van der Waals surface area contributed by atoms with E-state index in [-0.39, 0.29) is 11.1 Å². The highest BCUT2D eigenvalue weighted by Crippen LogP contribution is 2.45. The second-order valence-electron chi connectivity index (χ2n) is 6.79. The van der Waals surface area contributed by atoms with Crippen LogP contribution in [0.25, 0.3) is 0 Å². The van der Waals surface area contributed by atoms with Crippen molar-refractivity contribution >= 4 is 23.6 Å². The zero-order valence-corrected chi connectivity index (χ0v) is 17.2. The zero-order valence-electron chi connectivity index (χ0n) is 17.2. The van der Waals surface area contributed by atoms with E-state index in [2.05, 4.69) is 0 Å². The number of carbonyl (C=O) groups is 3. The highest BCUT2D eigenvalue weighted by molar-refractivity contribution is 6.10. The van der Waals surface area contributed by atoms with E-state index in [9.17, 15) is 14.4 Å². The lowest BCUT2D eigenvalue weighted by Gasteiger charge is -2.33. The summed E-state index contributed by atoms with van der Waals surface area (Å²) in [5.74, 6) is -2.19. The van der Waals surface area contributed by atoms with Crippen LogP contribution in [0.2, 0.25) is 0 Å². The summed E-state index contributed by atoms with van der Waals surface area (Å²) in [6.45, 7) is 1.95. The number of para-hydroxylation sites is 1. The molecule has 0 aliphatic carbocycles. The third-order valence-corrected chi connectivity index (χ3v) is 5.08. The van der Waals surface area contributed by atoms with Crippen LogP contribution in [0.15, 0.2) is 65.7 Å². The standard InChI is InChI=1S/C23H23NO6/c1-14-10-12-15(13-11-14)19-17(21(25)28-2)18(22(26)29-3)20(23(27)30-4)24(19)16-8-6-5-7-9-16/h5-13,19-20H,1-4H3/t19-,20+/m1/s1. The lowest BCUT2D eigenvalue weighted by atomic mass is 9.96. The Morgan fingerprint density at radius 3 is 1.87 bits per heavy atom. The van der Waals surface area contributed by atoms with E-state index in [1.54, 1.807) is 17.0 Å². The van der Waals surface area contributed by atoms with Gasteiger partial charge in [-0.15, -0.1) is 0 Å². The van der Waals surface area contributed by atoms with Gasteiger partial charge in [0.15, 0.2) is 6.04 Å². The van der Waals surface area contributed by atoms with Crippen LogP contribution < -0.4 is 4.90 Å². The molecule has 0 amide bonds. The van der Waals surface area contributed by atoms with Gasteiger partial charge in [0.25, 0.3) is 0 Å². The van der Waals surface area contributed by atoms with E-state index < -0.39 is 30.0 Å². The number of rotatable bonds is 5. The molecule has 0 N–H and O–H groups in total. The number of hydrogen-bond acceptors (Lipinski definition) is 7. The Balaban J connectivity index is 2.34. The summed E-state index contributed by atoms with van der Waals surface area (Å²) in [5, 5.41) is 0. The van der Waals surface area contributed by atoms with Gasteiger partial charge in [0.05, 0.1) is 38.5 Å². The van der Waals surface area contributed by atoms with Gasteiger partial charge in [-0.3, -0.25) is 0 Å². The molecule has 3 rings (SSSR count). The molecule has 1 aliphatic rings. The van der Waals surface area contributed by atoms with Crippen LogP contribution in [-0.4, -0.2) is 45.3 Å². The number of anilines is 1. The smallest absolute Gasteiger partial charge is 0.337 e. The Kier molecular flexibility index (Phi) is 6.20. The molecule has 2 atom stereocenters. The summed E-state index contributed by atoms with van der Waals surface area (Å²) < 4.78 is 14.9. The predicted molar refractivity (Wildman–Crippen MR) is 110 cm³/mol. The number of benzene rings is 2. The van der Waals surface area contributed by atoms with Crippen molar-refractivity contribution in [3.8, 4) is 0 Å². The third kappa shape index (κ3) is 3.66. The molecule has 0 fully saturated rings. The Labute approximate surface area is 174 Å². The number of methoxy groups -OCH3 is 3. The van der Waals surface area contributed by atoms with Gasteiger partial charge in [0.2, 0.25) is 0 Å². The van der Waals surface area contributed by atoms with Crippen LogP contribution in [0.1, 0.15) is 17.2 Å². The maximum Gasteiger partial charge on any atom is 0.337 e. The molecule has 0 saturated heterocycles. The molecule has 0 bridgehead atoms. The molecule has 0 radical (unpaired) electrons. The van der Waals surface area contributed by atoms with Gasteiger partial charge in [0.1, 0.15) is 0 Å². The maximum atomic E-state index is 12.9. The van der Waals surface area contributed by atoms with Crippen molar-refractivity contribution in [1.29, 1.82) is 0 Å². The highest BCUT2D eigenvalue weighted by Gasteiger charge is 2.51. The first-order valence-corrected chi connectivity index (χ1v) is 9.33. The molecular formula is C23H23NO6. The molecule has 30 heavy (non-hydrogen) atoms. The van der Waals surface area contributed by atoms with Gasteiger partial charge < -0.3 is 19.1 Å². The molecule has 2 aromatic rings. The van der Waals surface area contributed by atoms with Crippen LogP contribution in [0.5, 0.6) is 0 Å². The molecule has 0 spiro atoms. The van der Waals surface area contributed by atoms with Crippen molar-refractivity contribution in [1.82, 2.24) is 0 Å². The monoisotopic (exact) mass is 409 g/mol. The summed E-state index contributed by atoms with van der Waals surface area (Å²) in [5.41, 5.74) is 2.35. The molecule has 7 heteroatoms. The van der Waals surface area contributed by atoms with E-state index in [0.717, 1.165) is 11.1 Å². The molecule has 0 saturated carbocycles. The fourth-order valence-electron chi connectivity index (χ4n) is 3.70. The number of aryl methyl sites for hydroxylation is 1. The van der Waals surface area contributed by atoms with Gasteiger partial charge in [0, 0.05) is 5.69 Å². The average Bonchev–Trinajstić information content (AvgIpc) is 3.14. The molecule has 156 valence electrons. The van der Waals surface area contributed by atoms with Crippen molar-refractivity contribution in [3.05, 3.63) is 76.9 Å². The number of nitrogens with zero attached hydrogens (tertiary/aromatic N) is 1. The van der Waals surface area contributed by atoms with Gasteiger partial charge in [-0.05, 0) is 24.6 Å². The first kappa shape index (κ1) is 21.1. The van der Waals surface area contributed by atoms with E-state index in [0.29, 0.717) is 5.69 Å². The molecule has 7 nitrogen and oxygen atoms in total. The van der Waals surface area contributed by atoms with E-state index in [1.165, 1.54) is 21.3 Å². The fraction of sp³-hybridized carbons (Fsp3) is 0.261. The van der Waals surface area contributed by atoms with Gasteiger partial charge in [-0.1, -0.05) is 48.0 Å². The van der Waals surface area contributed by atoms with Gasteiger partial charge >= 0.3 is 17.9 Å². The van der Waals surface area contributed by atoms with Crippen LogP contribution in [-0.2, 0) is 28.6 Å². The molecule has 0 aromatic heterocycles. The van der Waals surface area contributed by atoms with Crippen molar-refractivity contribution in [2.24, 2.45) is 0 Å². The number of esters is 3. The molecule has 1 aliphatic heterocycles. The molecule has 2 aromatic carbocycles. The lowest BCUT2D eigenvalue weighted by molar-refractivity contribution is -0.144. The second kappa shape index (κ2) is 8.82. The van der Waals surface area contributed by atoms with E-state index in [4.69, 9.17) is 14.2 Å². The summed E-state index contributed by atoms with van der Waals surface area (Å²) in [6, 6.07) is 14.6. The van der Waals surface area contributed by atoms with E-state index in [1.807, 2.05) is 49.4 Å². The first-order chi connectivity index (χ1) is 14.4. The number of hydrogen-bond donors (Lipinski definition) is 0. The lowest BCUT2D eigenvalue weighted by Crippen LogP contribution is -2.42. The van der Waals surface area contributed by atoms with Gasteiger partial charge in [-0.25, -0.2) is 14.4 Å². The Hall–Kier alpha value is -3.61. The summed E-state index contributed by atoms with van der Waals surface area (Å²) in [6.07, 6.45) is 0. The quantitative estimate of drug-likeness (QED) is 0.555. The van der Waals surface area contributed by atoms with E-state index >= 15 is 0 Å². The topological polar surface area (TPSA) is 82.1 Å². The van der Waals surface area contributed by atoms with Crippen LogP contribution in [0.4, 0.5) is 5.69 Å². The third-order valence-electron chi connectivity index (χ3n) is 5.08. The number of ether oxygens (including phenoxy) is 3. The molecule has 1 heterocycles. The van der Waals surface area contributed by atoms with Crippen LogP contribution in [0.3, 0.4) is 0 Å². The van der Waals surface area contributed by atoms with Crippen molar-refractivity contribution in [3.63, 3.8) is 0 Å². The second-order valence-corrected chi connectivity index (χ2v) is 6.79. The van der Waals surface area contributed by atoms with Crippen molar-refractivity contribution in [2.75, 3.05) is 26.2 Å². The first-order valence-electron chi connectivity index (χ1n) is 9.33. The molecule has 0 unspecified atom stereocenters. The normalized spacial score (nSPS) is 18.2. The Bertz CT molecular complexity index is 981. The number of carbonyl (C=O) groups excluding carboxylic acids is 3. The highest BCUT2D eigenvalue weighted by atomic mass is 16.5. The molecular weight excluding hydrogens is 386 g/mol. The maximum absolute atomic E-state index is 12.9. The van der Waals surface area contributed by atoms with Crippen LogP contribution in [0, 0.1) is 6.92 Å². The summed E-state index contributed by atoms with van der Waals surface area (Å²) >= 11 is 0. The fourth-order valence-corrected chi connectivity index (χ4v) is 3.70. The minimum Gasteiger partial charge on any atom is -0.467 e. The van der Waals surface area contributed by atoms with Crippen LogP contribution >= 0.6 is 0 Å². The Morgan fingerprint density at radius 2 is 1.33 bits per heavy atom. The van der Waals surface area contributed by atoms with Crippen molar-refractivity contribution < 1.29 is 28.6 Å². The summed E-state index contributed by atoms with van der Waals surface area (Å²) in [7, 11) is 3.66.